The van der Waals surface area contributed by atoms with E-state index < -0.39 is 11.6 Å². The van der Waals surface area contributed by atoms with Crippen molar-refractivity contribution in [1.29, 1.82) is 0 Å². The smallest absolute Gasteiger partial charge is 0.228 e. The van der Waals surface area contributed by atoms with E-state index in [0.29, 0.717) is 48.2 Å². The van der Waals surface area contributed by atoms with Crippen molar-refractivity contribution in [3.8, 4) is 0 Å². The number of halogens is 4. The normalized spacial score (nSPS) is 14.1. The summed E-state index contributed by atoms with van der Waals surface area (Å²) in [6, 6.07) is 8.32. The van der Waals surface area contributed by atoms with Crippen LogP contribution in [0.4, 0.5) is 18.3 Å². The van der Waals surface area contributed by atoms with Crippen LogP contribution in [-0.2, 0) is 9.53 Å². The Labute approximate surface area is 217 Å². The zero-order valence-electron chi connectivity index (χ0n) is 19.1. The number of carbonyl (C=O) groups is 1. The molecule has 0 bridgehead atoms. The molecule has 3 aromatic rings. The number of aromatic nitrogens is 1. The Balaban J connectivity index is 0.00000342. The van der Waals surface area contributed by atoms with Gasteiger partial charge in [0.05, 0.1) is 17.9 Å². The molecule has 0 spiro atoms. The molecule has 2 aromatic carbocycles. The summed E-state index contributed by atoms with van der Waals surface area (Å²) < 4.78 is 46.7. The quantitative estimate of drug-likeness (QED) is 0.239. The Morgan fingerprint density at radius 1 is 1.09 bits per heavy atom. The average Bonchev–Trinajstić information content (AvgIpc) is 3.25. The van der Waals surface area contributed by atoms with E-state index >= 15 is 0 Å². The minimum atomic E-state index is -0.728. The highest BCUT2D eigenvalue weighted by Gasteiger charge is 2.21. The summed E-state index contributed by atoms with van der Waals surface area (Å²) in [5.74, 6) is -1.06. The molecule has 1 aliphatic heterocycles. The van der Waals surface area contributed by atoms with Gasteiger partial charge in [-0.1, -0.05) is 11.3 Å². The van der Waals surface area contributed by atoms with Crippen molar-refractivity contribution in [2.75, 3.05) is 50.0 Å². The molecule has 0 aliphatic carbocycles. The van der Waals surface area contributed by atoms with Crippen LogP contribution >= 0.6 is 35.5 Å². The third-order valence-corrected chi connectivity index (χ3v) is 7.63. The van der Waals surface area contributed by atoms with Gasteiger partial charge in [0.15, 0.2) is 10.9 Å². The first-order valence-corrected chi connectivity index (χ1v) is 13.0. The SMILES string of the molecule is Cl.O=C(CCCSc1ccc(F)cc1)N(CCCN1CCOCC1)c1nc2c(F)cc(F)cc2s1. The van der Waals surface area contributed by atoms with E-state index in [2.05, 4.69) is 9.88 Å². The number of hydrogen-bond donors (Lipinski definition) is 0. The van der Waals surface area contributed by atoms with Crippen LogP contribution in [0.15, 0.2) is 41.3 Å². The molecule has 11 heteroatoms. The zero-order chi connectivity index (χ0) is 23.9. The van der Waals surface area contributed by atoms with E-state index in [0.717, 1.165) is 48.4 Å². The molecular weight excluding hydrogens is 519 g/mol. The van der Waals surface area contributed by atoms with E-state index in [-0.39, 0.29) is 29.6 Å². The number of anilines is 1. The van der Waals surface area contributed by atoms with Crippen molar-refractivity contribution < 1.29 is 22.7 Å². The molecule has 0 unspecified atom stereocenters. The topological polar surface area (TPSA) is 45.7 Å². The minimum Gasteiger partial charge on any atom is -0.379 e. The highest BCUT2D eigenvalue weighted by molar-refractivity contribution is 7.99. The highest BCUT2D eigenvalue weighted by Crippen LogP contribution is 2.32. The van der Waals surface area contributed by atoms with Gasteiger partial charge in [0.2, 0.25) is 5.91 Å². The van der Waals surface area contributed by atoms with E-state index in [9.17, 15) is 18.0 Å². The summed E-state index contributed by atoms with van der Waals surface area (Å²) >= 11 is 2.69. The van der Waals surface area contributed by atoms with Crippen LogP contribution in [0.25, 0.3) is 10.2 Å². The number of benzene rings is 2. The minimum absolute atomic E-state index is 0. The summed E-state index contributed by atoms with van der Waals surface area (Å²) in [6.45, 7) is 4.40. The molecule has 4 rings (SSSR count). The molecule has 1 aliphatic rings. The lowest BCUT2D eigenvalue weighted by Gasteiger charge is -2.27. The lowest BCUT2D eigenvalue weighted by Crippen LogP contribution is -2.39. The van der Waals surface area contributed by atoms with Gasteiger partial charge in [0.25, 0.3) is 0 Å². The zero-order valence-corrected chi connectivity index (χ0v) is 21.5. The predicted molar refractivity (Wildman–Crippen MR) is 137 cm³/mol. The van der Waals surface area contributed by atoms with Gasteiger partial charge in [-0.2, -0.15) is 0 Å². The van der Waals surface area contributed by atoms with Gasteiger partial charge in [0.1, 0.15) is 17.2 Å². The molecule has 0 atom stereocenters. The third-order valence-electron chi connectivity index (χ3n) is 5.51. The molecule has 1 aromatic heterocycles. The van der Waals surface area contributed by atoms with Crippen LogP contribution in [0.1, 0.15) is 19.3 Å². The van der Waals surface area contributed by atoms with E-state index in [1.165, 1.54) is 18.2 Å². The van der Waals surface area contributed by atoms with Crippen LogP contribution < -0.4 is 4.90 Å². The number of amides is 1. The molecule has 0 radical (unpaired) electrons. The molecular formula is C24H27ClF3N3O2S2. The molecule has 0 saturated carbocycles. The maximum atomic E-state index is 14.2. The predicted octanol–water partition coefficient (Wildman–Crippen LogP) is 5.76. The monoisotopic (exact) mass is 545 g/mol. The Hall–Kier alpha value is -1.85. The largest absolute Gasteiger partial charge is 0.379 e. The summed E-state index contributed by atoms with van der Waals surface area (Å²) in [5.41, 5.74) is 0.0826. The Morgan fingerprint density at radius 3 is 2.57 bits per heavy atom. The number of morpholine rings is 1. The second-order valence-corrected chi connectivity index (χ2v) is 10.2. The Bertz CT molecular complexity index is 1110. The Morgan fingerprint density at radius 2 is 1.83 bits per heavy atom. The number of rotatable bonds is 10. The first-order valence-electron chi connectivity index (χ1n) is 11.2. The number of fused-ring (bicyclic) bond motifs is 1. The fourth-order valence-electron chi connectivity index (χ4n) is 3.74. The van der Waals surface area contributed by atoms with Crippen molar-refractivity contribution in [2.45, 2.75) is 24.2 Å². The summed E-state index contributed by atoms with van der Waals surface area (Å²) in [7, 11) is 0. The van der Waals surface area contributed by atoms with Gasteiger partial charge in [-0.25, -0.2) is 18.2 Å². The number of carbonyl (C=O) groups excluding carboxylic acids is 1. The number of nitrogens with zero attached hydrogens (tertiary/aromatic N) is 3. The summed E-state index contributed by atoms with van der Waals surface area (Å²) in [5, 5.41) is 0.387. The lowest BCUT2D eigenvalue weighted by molar-refractivity contribution is -0.118. The van der Waals surface area contributed by atoms with Gasteiger partial charge in [-0.3, -0.25) is 14.6 Å². The number of thiazole rings is 1. The van der Waals surface area contributed by atoms with Gasteiger partial charge in [0, 0.05) is 43.6 Å². The van der Waals surface area contributed by atoms with Crippen LogP contribution in [0.2, 0.25) is 0 Å². The molecule has 2 heterocycles. The summed E-state index contributed by atoms with van der Waals surface area (Å²) in [4.78, 5) is 22.3. The molecule has 1 fully saturated rings. The number of hydrogen-bond acceptors (Lipinski definition) is 6. The maximum Gasteiger partial charge on any atom is 0.228 e. The van der Waals surface area contributed by atoms with E-state index in [1.807, 2.05) is 0 Å². The first kappa shape index (κ1) is 27.7. The fraction of sp³-hybridized carbons (Fsp3) is 0.417. The maximum absolute atomic E-state index is 14.2. The van der Waals surface area contributed by atoms with Gasteiger partial charge >= 0.3 is 0 Å². The van der Waals surface area contributed by atoms with Crippen molar-refractivity contribution in [3.63, 3.8) is 0 Å². The van der Waals surface area contributed by atoms with Crippen LogP contribution in [-0.4, -0.2) is 60.9 Å². The first-order chi connectivity index (χ1) is 16.5. The molecule has 1 saturated heterocycles. The summed E-state index contributed by atoms with van der Waals surface area (Å²) in [6.07, 6.45) is 1.68. The van der Waals surface area contributed by atoms with Gasteiger partial charge in [-0.15, -0.1) is 24.2 Å². The van der Waals surface area contributed by atoms with Crippen LogP contribution in [0.5, 0.6) is 0 Å². The second-order valence-electron chi connectivity index (χ2n) is 7.99. The van der Waals surface area contributed by atoms with Crippen LogP contribution in [0.3, 0.4) is 0 Å². The lowest BCUT2D eigenvalue weighted by atomic mass is 10.2. The van der Waals surface area contributed by atoms with Gasteiger partial charge in [-0.05, 0) is 48.9 Å². The molecule has 1 amide bonds. The van der Waals surface area contributed by atoms with Crippen molar-refractivity contribution >= 4 is 56.8 Å². The fourth-order valence-corrected chi connectivity index (χ4v) is 5.65. The second kappa shape index (κ2) is 13.5. The molecule has 190 valence electrons. The van der Waals surface area contributed by atoms with Gasteiger partial charge < -0.3 is 4.74 Å². The van der Waals surface area contributed by atoms with E-state index in [4.69, 9.17) is 4.74 Å². The number of thioether (sulfide) groups is 1. The van der Waals surface area contributed by atoms with Crippen molar-refractivity contribution in [3.05, 3.63) is 53.8 Å². The number of ether oxygens (including phenoxy) is 1. The molecule has 5 nitrogen and oxygen atoms in total. The van der Waals surface area contributed by atoms with Crippen molar-refractivity contribution in [2.24, 2.45) is 0 Å². The standard InChI is InChI=1S/C24H26F3N3O2S2.ClH/c25-17-4-6-19(7-5-17)33-14-1-3-22(31)30(9-2-8-29-10-12-32-13-11-29)24-28-23-20(27)15-18(26)16-21(23)34-24;/h4-7,15-16H,1-3,8-14H2;1H. The van der Waals surface area contributed by atoms with Crippen molar-refractivity contribution in [1.82, 2.24) is 9.88 Å². The van der Waals surface area contributed by atoms with E-state index in [1.54, 1.807) is 28.8 Å². The average molecular weight is 546 g/mol. The third kappa shape index (κ3) is 7.82. The van der Waals surface area contributed by atoms with Crippen LogP contribution in [0, 0.1) is 17.5 Å². The molecule has 0 N–H and O–H groups in total. The molecule has 35 heavy (non-hydrogen) atoms. The Kier molecular flexibility index (Phi) is 10.7. The highest BCUT2D eigenvalue weighted by atomic mass is 35.5.